The quantitative estimate of drug-likeness (QED) is 0.511. The van der Waals surface area contributed by atoms with Crippen molar-refractivity contribution in [3.05, 3.63) is 29.8 Å². The summed E-state index contributed by atoms with van der Waals surface area (Å²) in [7, 11) is 1.65. The zero-order valence-corrected chi connectivity index (χ0v) is 13.1. The normalized spacial score (nSPS) is 10.8. The number of hydrogen-bond acceptors (Lipinski definition) is 5. The molecule has 1 heterocycles. The van der Waals surface area contributed by atoms with Crippen LogP contribution in [0.25, 0.3) is 0 Å². The van der Waals surface area contributed by atoms with Gasteiger partial charge in [-0.1, -0.05) is 0 Å². The number of amidine groups is 1. The van der Waals surface area contributed by atoms with E-state index in [-0.39, 0.29) is 5.91 Å². The Labute approximate surface area is 133 Å². The van der Waals surface area contributed by atoms with Gasteiger partial charge in [0, 0.05) is 25.3 Å². The molecule has 8 nitrogen and oxygen atoms in total. The van der Waals surface area contributed by atoms with Crippen LogP contribution in [-0.2, 0) is 4.79 Å². The second-order valence-corrected chi connectivity index (χ2v) is 4.75. The molecule has 0 aliphatic rings. The third kappa shape index (κ3) is 4.07. The molecule has 118 valence electrons. The molecule has 1 aromatic heterocycles. The third-order valence-electron chi connectivity index (χ3n) is 2.99. The molecule has 23 heavy (non-hydrogen) atoms. The molecule has 0 atom stereocenters. The van der Waals surface area contributed by atoms with Crippen LogP contribution in [0.2, 0.25) is 0 Å². The standard InChI is InChI=1S/C15H17N7O/c1-9(17-3)18-14-13(8-16)15(22-21-14)20-12-6-4-11(5-7-12)19-10(2)23/h4-7H,1-3H3,(H,19,23)(H3,17,18,20,21,22). The Hall–Kier alpha value is -3.34. The first-order valence-corrected chi connectivity index (χ1v) is 6.87. The van der Waals surface area contributed by atoms with Gasteiger partial charge < -0.3 is 16.0 Å². The average molecular weight is 311 g/mol. The van der Waals surface area contributed by atoms with E-state index in [1.165, 1.54) is 6.92 Å². The second-order valence-electron chi connectivity index (χ2n) is 4.75. The fourth-order valence-electron chi connectivity index (χ4n) is 1.84. The molecular formula is C15H17N7O. The number of nitrogens with one attached hydrogen (secondary N) is 4. The minimum atomic E-state index is -0.130. The SMILES string of the molecule is CN=C(C)Nc1n[nH]c(Nc2ccc(NC(C)=O)cc2)c1C#N. The minimum absolute atomic E-state index is 0.130. The summed E-state index contributed by atoms with van der Waals surface area (Å²) in [6.45, 7) is 3.23. The van der Waals surface area contributed by atoms with Gasteiger partial charge in [-0.05, 0) is 31.2 Å². The highest BCUT2D eigenvalue weighted by Crippen LogP contribution is 2.24. The molecule has 2 aromatic rings. The number of nitrogens with zero attached hydrogens (tertiary/aromatic N) is 3. The Morgan fingerprint density at radius 1 is 1.22 bits per heavy atom. The summed E-state index contributed by atoms with van der Waals surface area (Å²) in [5, 5.41) is 24.9. The summed E-state index contributed by atoms with van der Waals surface area (Å²) < 4.78 is 0. The van der Waals surface area contributed by atoms with Crippen LogP contribution in [0, 0.1) is 11.3 Å². The van der Waals surface area contributed by atoms with E-state index < -0.39 is 0 Å². The first-order chi connectivity index (χ1) is 11.0. The lowest BCUT2D eigenvalue weighted by molar-refractivity contribution is -0.114. The molecule has 0 aliphatic carbocycles. The van der Waals surface area contributed by atoms with Gasteiger partial charge in [0.25, 0.3) is 0 Å². The van der Waals surface area contributed by atoms with E-state index >= 15 is 0 Å². The van der Waals surface area contributed by atoms with Crippen LogP contribution in [-0.4, -0.2) is 29.0 Å². The summed E-state index contributed by atoms with van der Waals surface area (Å²) in [5.74, 6) is 1.41. The molecule has 4 N–H and O–H groups in total. The van der Waals surface area contributed by atoms with E-state index in [9.17, 15) is 10.1 Å². The fraction of sp³-hybridized carbons (Fsp3) is 0.200. The molecule has 0 bridgehead atoms. The molecule has 0 unspecified atom stereocenters. The van der Waals surface area contributed by atoms with Crippen LogP contribution in [0.1, 0.15) is 19.4 Å². The van der Waals surface area contributed by atoms with E-state index in [0.29, 0.717) is 28.7 Å². The van der Waals surface area contributed by atoms with Crippen molar-refractivity contribution in [2.75, 3.05) is 23.0 Å². The van der Waals surface area contributed by atoms with Crippen LogP contribution < -0.4 is 16.0 Å². The molecule has 1 amide bonds. The zero-order valence-electron chi connectivity index (χ0n) is 13.1. The van der Waals surface area contributed by atoms with Gasteiger partial charge in [0.1, 0.15) is 17.5 Å². The summed E-state index contributed by atoms with van der Waals surface area (Å²) in [6.07, 6.45) is 0. The minimum Gasteiger partial charge on any atom is -0.339 e. The maximum absolute atomic E-state index is 11.0. The second kappa shape index (κ2) is 7.09. The van der Waals surface area contributed by atoms with Gasteiger partial charge in [-0.15, -0.1) is 0 Å². The highest BCUT2D eigenvalue weighted by Gasteiger charge is 2.13. The number of carbonyl (C=O) groups excluding carboxylic acids is 1. The number of nitriles is 1. The zero-order chi connectivity index (χ0) is 16.8. The number of aromatic amines is 1. The van der Waals surface area contributed by atoms with E-state index in [4.69, 9.17) is 0 Å². The van der Waals surface area contributed by atoms with E-state index in [0.717, 1.165) is 5.69 Å². The van der Waals surface area contributed by atoms with Gasteiger partial charge in [0.05, 0.1) is 5.84 Å². The van der Waals surface area contributed by atoms with Crippen LogP contribution >= 0.6 is 0 Å². The van der Waals surface area contributed by atoms with Crippen molar-refractivity contribution in [3.63, 3.8) is 0 Å². The first kappa shape index (κ1) is 16.0. The number of carbonyl (C=O) groups is 1. The maximum atomic E-state index is 11.0. The predicted octanol–water partition coefficient (Wildman–Crippen LogP) is 2.44. The summed E-state index contributed by atoms with van der Waals surface area (Å²) in [4.78, 5) is 15.0. The van der Waals surface area contributed by atoms with Gasteiger partial charge in [-0.3, -0.25) is 14.9 Å². The molecule has 8 heteroatoms. The number of anilines is 4. The molecular weight excluding hydrogens is 294 g/mol. The Morgan fingerprint density at radius 3 is 2.43 bits per heavy atom. The lowest BCUT2D eigenvalue weighted by Crippen LogP contribution is -2.08. The lowest BCUT2D eigenvalue weighted by atomic mass is 10.2. The first-order valence-electron chi connectivity index (χ1n) is 6.87. The lowest BCUT2D eigenvalue weighted by Gasteiger charge is -2.06. The Balaban J connectivity index is 2.17. The van der Waals surface area contributed by atoms with E-state index in [2.05, 4.69) is 37.2 Å². The monoisotopic (exact) mass is 311 g/mol. The molecule has 0 saturated heterocycles. The van der Waals surface area contributed by atoms with Gasteiger partial charge in [-0.2, -0.15) is 10.4 Å². The number of aromatic nitrogens is 2. The molecule has 2 rings (SSSR count). The molecule has 0 saturated carbocycles. The van der Waals surface area contributed by atoms with Crippen LogP contribution in [0.3, 0.4) is 0 Å². The molecule has 0 aliphatic heterocycles. The molecule has 0 radical (unpaired) electrons. The highest BCUT2D eigenvalue weighted by atomic mass is 16.1. The van der Waals surface area contributed by atoms with Crippen molar-refractivity contribution >= 4 is 34.8 Å². The van der Waals surface area contributed by atoms with Gasteiger partial charge in [0.15, 0.2) is 5.82 Å². The Kier molecular flexibility index (Phi) is 4.94. The number of aliphatic imine (C=N–C) groups is 1. The van der Waals surface area contributed by atoms with E-state index in [1.54, 1.807) is 38.2 Å². The van der Waals surface area contributed by atoms with Crippen LogP contribution in [0.15, 0.2) is 29.3 Å². The number of amides is 1. The van der Waals surface area contributed by atoms with Crippen molar-refractivity contribution in [3.8, 4) is 6.07 Å². The highest BCUT2D eigenvalue weighted by molar-refractivity contribution is 5.94. The number of rotatable bonds is 4. The van der Waals surface area contributed by atoms with Crippen molar-refractivity contribution in [1.82, 2.24) is 10.2 Å². The van der Waals surface area contributed by atoms with Crippen molar-refractivity contribution in [1.29, 1.82) is 5.26 Å². The maximum Gasteiger partial charge on any atom is 0.221 e. The summed E-state index contributed by atoms with van der Waals surface area (Å²) in [6, 6.07) is 9.21. The van der Waals surface area contributed by atoms with Crippen molar-refractivity contribution in [2.45, 2.75) is 13.8 Å². The largest absolute Gasteiger partial charge is 0.339 e. The van der Waals surface area contributed by atoms with Crippen molar-refractivity contribution in [2.24, 2.45) is 4.99 Å². The average Bonchev–Trinajstić information content (AvgIpc) is 2.90. The van der Waals surface area contributed by atoms with Crippen LogP contribution in [0.5, 0.6) is 0 Å². The van der Waals surface area contributed by atoms with Crippen molar-refractivity contribution < 1.29 is 4.79 Å². The topological polar surface area (TPSA) is 118 Å². The smallest absolute Gasteiger partial charge is 0.221 e. The third-order valence-corrected chi connectivity index (χ3v) is 2.99. The Bertz CT molecular complexity index is 768. The summed E-state index contributed by atoms with van der Waals surface area (Å²) >= 11 is 0. The molecule has 0 fully saturated rings. The summed E-state index contributed by atoms with van der Waals surface area (Å²) in [5.41, 5.74) is 1.82. The predicted molar refractivity (Wildman–Crippen MR) is 90.0 cm³/mol. The number of hydrogen-bond donors (Lipinski definition) is 4. The van der Waals surface area contributed by atoms with Gasteiger partial charge in [-0.25, -0.2) is 0 Å². The molecule has 1 aromatic carbocycles. The van der Waals surface area contributed by atoms with Gasteiger partial charge >= 0.3 is 0 Å². The van der Waals surface area contributed by atoms with Crippen LogP contribution in [0.4, 0.5) is 23.0 Å². The fourth-order valence-corrected chi connectivity index (χ4v) is 1.84. The molecule has 0 spiro atoms. The number of H-pyrrole nitrogens is 1. The van der Waals surface area contributed by atoms with E-state index in [1.807, 2.05) is 0 Å². The number of benzene rings is 1. The van der Waals surface area contributed by atoms with Gasteiger partial charge in [0.2, 0.25) is 5.91 Å². The Morgan fingerprint density at radius 2 is 1.87 bits per heavy atom.